The quantitative estimate of drug-likeness (QED) is 0.902. The van der Waals surface area contributed by atoms with Crippen LogP contribution in [-0.4, -0.2) is 15.1 Å². The van der Waals surface area contributed by atoms with E-state index in [-0.39, 0.29) is 11.1 Å². The van der Waals surface area contributed by atoms with Crippen molar-refractivity contribution in [2.45, 2.75) is 30.3 Å². The van der Waals surface area contributed by atoms with Crippen LogP contribution in [0.15, 0.2) is 30.7 Å². The number of imidazole rings is 1. The van der Waals surface area contributed by atoms with Gasteiger partial charge in [0.2, 0.25) is 0 Å². The van der Waals surface area contributed by atoms with Crippen LogP contribution in [-0.2, 0) is 5.54 Å². The molecule has 0 spiro atoms. The lowest BCUT2D eigenvalue weighted by Gasteiger charge is -2.69. The van der Waals surface area contributed by atoms with E-state index in [1.165, 1.54) is 12.1 Å². The number of rotatable bonds is 2. The molecule has 0 unspecified atom stereocenters. The predicted octanol–water partition coefficient (Wildman–Crippen LogP) is 2.42. The van der Waals surface area contributed by atoms with E-state index in [1.54, 1.807) is 6.33 Å². The van der Waals surface area contributed by atoms with Gasteiger partial charge in [-0.15, -0.1) is 0 Å². The van der Waals surface area contributed by atoms with Crippen molar-refractivity contribution in [1.29, 1.82) is 0 Å². The van der Waals surface area contributed by atoms with Gasteiger partial charge in [0.25, 0.3) is 0 Å². The fourth-order valence-electron chi connectivity index (χ4n) is 3.47. The van der Waals surface area contributed by atoms with Gasteiger partial charge in [-0.1, -0.05) is 0 Å². The molecule has 2 aromatic rings. The number of nitrogens with zero attached hydrogens (tertiary/aromatic N) is 2. The molecule has 0 aliphatic heterocycles. The second-order valence-electron chi connectivity index (χ2n) is 5.91. The number of benzene rings is 1. The van der Waals surface area contributed by atoms with Crippen molar-refractivity contribution < 1.29 is 8.78 Å². The predicted molar refractivity (Wildman–Crippen MR) is 66.3 cm³/mol. The Hall–Kier alpha value is -1.75. The highest BCUT2D eigenvalue weighted by atomic mass is 19.2. The van der Waals surface area contributed by atoms with E-state index in [9.17, 15) is 8.78 Å². The van der Waals surface area contributed by atoms with Gasteiger partial charge < -0.3 is 10.3 Å². The fourth-order valence-corrected chi connectivity index (χ4v) is 3.47. The number of aromatic nitrogens is 2. The van der Waals surface area contributed by atoms with E-state index in [4.69, 9.17) is 5.73 Å². The van der Waals surface area contributed by atoms with E-state index in [1.807, 2.05) is 6.20 Å². The van der Waals surface area contributed by atoms with Crippen LogP contribution in [0.3, 0.4) is 0 Å². The van der Waals surface area contributed by atoms with Crippen molar-refractivity contribution in [3.63, 3.8) is 0 Å². The maximum Gasteiger partial charge on any atom is 0.159 e. The molecule has 1 aromatic heterocycles. The van der Waals surface area contributed by atoms with Gasteiger partial charge in [0, 0.05) is 17.3 Å². The summed E-state index contributed by atoms with van der Waals surface area (Å²) in [4.78, 5) is 4.29. The van der Waals surface area contributed by atoms with Crippen LogP contribution in [0.4, 0.5) is 8.78 Å². The van der Waals surface area contributed by atoms with Crippen LogP contribution in [0.1, 0.15) is 19.3 Å². The van der Waals surface area contributed by atoms with Crippen molar-refractivity contribution >= 4 is 0 Å². The first-order valence-corrected chi connectivity index (χ1v) is 6.29. The van der Waals surface area contributed by atoms with E-state index in [0.29, 0.717) is 11.3 Å². The highest BCUT2D eigenvalue weighted by molar-refractivity contribution is 5.58. The van der Waals surface area contributed by atoms with E-state index < -0.39 is 11.6 Å². The number of hydrogen-bond donors (Lipinski definition) is 1. The van der Waals surface area contributed by atoms with Gasteiger partial charge in [0.15, 0.2) is 11.6 Å². The van der Waals surface area contributed by atoms with Crippen LogP contribution < -0.4 is 5.73 Å². The molecule has 3 aliphatic carbocycles. The average molecular weight is 261 g/mol. The molecule has 1 aromatic carbocycles. The molecule has 3 fully saturated rings. The summed E-state index contributed by atoms with van der Waals surface area (Å²) in [6, 6.07) is 3.84. The van der Waals surface area contributed by atoms with Gasteiger partial charge in [-0.3, -0.25) is 0 Å². The minimum atomic E-state index is -0.849. The molecule has 2 N–H and O–H groups in total. The summed E-state index contributed by atoms with van der Waals surface area (Å²) in [6.45, 7) is 0. The minimum Gasteiger partial charge on any atom is -0.331 e. The lowest BCUT2D eigenvalue weighted by atomic mass is 9.44. The SMILES string of the molecule is NC12CC(n3cnc(-c4ccc(F)c(F)c4)c3)(C1)C2. The Balaban J connectivity index is 1.66. The van der Waals surface area contributed by atoms with Crippen LogP contribution in [0.25, 0.3) is 11.3 Å². The highest BCUT2D eigenvalue weighted by Gasteiger charge is 2.67. The van der Waals surface area contributed by atoms with E-state index in [2.05, 4.69) is 9.55 Å². The third-order valence-electron chi connectivity index (χ3n) is 4.39. The molecular formula is C14H13F2N3. The average Bonchev–Trinajstić information content (AvgIpc) is 2.77. The fraction of sp³-hybridized carbons (Fsp3) is 0.357. The van der Waals surface area contributed by atoms with Gasteiger partial charge in [-0.25, -0.2) is 13.8 Å². The molecule has 3 saturated carbocycles. The van der Waals surface area contributed by atoms with Crippen molar-refractivity contribution in [3.8, 4) is 11.3 Å². The smallest absolute Gasteiger partial charge is 0.159 e. The summed E-state index contributed by atoms with van der Waals surface area (Å²) >= 11 is 0. The Morgan fingerprint density at radius 3 is 2.53 bits per heavy atom. The Labute approximate surface area is 109 Å². The van der Waals surface area contributed by atoms with Gasteiger partial charge in [0.1, 0.15) is 0 Å². The second-order valence-corrected chi connectivity index (χ2v) is 5.91. The zero-order valence-electron chi connectivity index (χ0n) is 10.2. The summed E-state index contributed by atoms with van der Waals surface area (Å²) in [5.74, 6) is -1.69. The maximum absolute atomic E-state index is 13.2. The Morgan fingerprint density at radius 1 is 1.16 bits per heavy atom. The van der Waals surface area contributed by atoms with E-state index >= 15 is 0 Å². The van der Waals surface area contributed by atoms with Gasteiger partial charge >= 0.3 is 0 Å². The summed E-state index contributed by atoms with van der Waals surface area (Å²) in [5.41, 5.74) is 7.45. The molecule has 0 amide bonds. The third kappa shape index (κ3) is 1.42. The highest BCUT2D eigenvalue weighted by Crippen LogP contribution is 2.63. The monoisotopic (exact) mass is 261 g/mol. The molecule has 98 valence electrons. The second kappa shape index (κ2) is 3.22. The number of hydrogen-bond acceptors (Lipinski definition) is 2. The zero-order chi connectivity index (χ0) is 13.3. The summed E-state index contributed by atoms with van der Waals surface area (Å²) in [7, 11) is 0. The first kappa shape index (κ1) is 11.1. The topological polar surface area (TPSA) is 43.8 Å². The summed E-state index contributed by atoms with van der Waals surface area (Å²) < 4.78 is 28.2. The van der Waals surface area contributed by atoms with Crippen LogP contribution >= 0.6 is 0 Å². The van der Waals surface area contributed by atoms with Crippen molar-refractivity contribution in [2.24, 2.45) is 5.73 Å². The van der Waals surface area contributed by atoms with Crippen molar-refractivity contribution in [1.82, 2.24) is 9.55 Å². The molecule has 3 aliphatic rings. The van der Waals surface area contributed by atoms with Crippen LogP contribution in [0, 0.1) is 11.6 Å². The first-order valence-electron chi connectivity index (χ1n) is 6.29. The van der Waals surface area contributed by atoms with Gasteiger partial charge in [-0.05, 0) is 37.5 Å². The minimum absolute atomic E-state index is 0.0341. The van der Waals surface area contributed by atoms with Crippen LogP contribution in [0.2, 0.25) is 0 Å². The normalized spacial score (nSPS) is 31.7. The number of nitrogens with two attached hydrogens (primary N) is 1. The molecule has 0 radical (unpaired) electrons. The molecule has 0 saturated heterocycles. The molecule has 5 rings (SSSR count). The number of halogens is 2. The molecule has 2 bridgehead atoms. The standard InChI is InChI=1S/C14H13F2N3/c15-10-2-1-9(3-11(10)16)12-4-19(8-18-12)14-5-13(17,6-14)7-14/h1-4,8H,5-7,17H2. The van der Waals surface area contributed by atoms with Crippen molar-refractivity contribution in [3.05, 3.63) is 42.4 Å². The van der Waals surface area contributed by atoms with E-state index in [0.717, 1.165) is 25.3 Å². The Bertz CT molecular complexity index is 657. The molecular weight excluding hydrogens is 248 g/mol. The molecule has 3 nitrogen and oxygen atoms in total. The van der Waals surface area contributed by atoms with Crippen molar-refractivity contribution in [2.75, 3.05) is 0 Å². The molecule has 1 heterocycles. The largest absolute Gasteiger partial charge is 0.331 e. The Kier molecular flexibility index (Phi) is 1.88. The lowest BCUT2D eigenvalue weighted by molar-refractivity contribution is -0.114. The van der Waals surface area contributed by atoms with Crippen LogP contribution in [0.5, 0.6) is 0 Å². The van der Waals surface area contributed by atoms with Gasteiger partial charge in [0.05, 0.1) is 17.6 Å². The molecule has 5 heteroatoms. The first-order chi connectivity index (χ1) is 9.00. The molecule has 0 atom stereocenters. The lowest BCUT2D eigenvalue weighted by Crippen LogP contribution is -2.76. The van der Waals surface area contributed by atoms with Gasteiger partial charge in [-0.2, -0.15) is 0 Å². The maximum atomic E-state index is 13.2. The molecule has 19 heavy (non-hydrogen) atoms. The Morgan fingerprint density at radius 2 is 1.89 bits per heavy atom. The summed E-state index contributed by atoms with van der Waals surface area (Å²) in [6.07, 6.45) is 6.59. The summed E-state index contributed by atoms with van der Waals surface area (Å²) in [5, 5.41) is 0. The zero-order valence-corrected chi connectivity index (χ0v) is 10.2. The third-order valence-corrected chi connectivity index (χ3v) is 4.39.